The Morgan fingerprint density at radius 3 is 2.43 bits per heavy atom. The summed E-state index contributed by atoms with van der Waals surface area (Å²) in [7, 11) is -3.85. The van der Waals surface area contributed by atoms with Crippen molar-refractivity contribution in [1.82, 2.24) is 4.90 Å². The first-order valence-corrected chi connectivity index (χ1v) is 10.5. The van der Waals surface area contributed by atoms with Crippen molar-refractivity contribution in [3.63, 3.8) is 0 Å². The van der Waals surface area contributed by atoms with E-state index >= 15 is 0 Å². The van der Waals surface area contributed by atoms with Crippen LogP contribution in [0.25, 0.3) is 0 Å². The molecule has 0 saturated carbocycles. The number of Topliss-reactive ketones (excluding diaryl/α,β-unsaturated/α-hetero) is 1. The number of benzene rings is 2. The first kappa shape index (κ1) is 19.9. The number of rotatable bonds is 6. The summed E-state index contributed by atoms with van der Waals surface area (Å²) >= 11 is 0. The van der Waals surface area contributed by atoms with E-state index in [-0.39, 0.29) is 22.1 Å². The van der Waals surface area contributed by atoms with Crippen molar-refractivity contribution in [2.45, 2.75) is 24.7 Å². The van der Waals surface area contributed by atoms with Gasteiger partial charge in [0.25, 0.3) is 15.9 Å². The quantitative estimate of drug-likeness (QED) is 0.802. The molecule has 1 heterocycles. The highest BCUT2D eigenvalue weighted by molar-refractivity contribution is 7.92. The average Bonchev–Trinajstić information content (AvgIpc) is 2.70. The Bertz CT molecular complexity index is 960. The molecule has 2 aromatic rings. The monoisotopic (exact) mass is 402 g/mol. The topological polar surface area (TPSA) is 92.8 Å². The van der Waals surface area contributed by atoms with Gasteiger partial charge in [0.1, 0.15) is 11.5 Å². The van der Waals surface area contributed by atoms with Gasteiger partial charge in [-0.2, -0.15) is 0 Å². The Balaban J connectivity index is 1.76. The van der Waals surface area contributed by atoms with Gasteiger partial charge in [-0.25, -0.2) is 8.42 Å². The van der Waals surface area contributed by atoms with Crippen LogP contribution in [0.3, 0.4) is 0 Å². The second-order valence-corrected chi connectivity index (χ2v) is 8.10. The van der Waals surface area contributed by atoms with Crippen LogP contribution in [-0.4, -0.2) is 44.7 Å². The second kappa shape index (κ2) is 8.43. The molecule has 0 unspecified atom stereocenters. The molecule has 1 aliphatic rings. The number of ketones is 1. The zero-order valence-corrected chi connectivity index (χ0v) is 16.4. The summed E-state index contributed by atoms with van der Waals surface area (Å²) in [5, 5.41) is 0. The van der Waals surface area contributed by atoms with E-state index in [2.05, 4.69) is 4.72 Å². The molecular formula is C20H22N2O5S. The summed E-state index contributed by atoms with van der Waals surface area (Å²) in [6.07, 6.45) is 0.673. The highest BCUT2D eigenvalue weighted by Gasteiger charge is 2.23. The van der Waals surface area contributed by atoms with Crippen molar-refractivity contribution in [2.24, 2.45) is 0 Å². The fourth-order valence-corrected chi connectivity index (χ4v) is 4.04. The molecule has 0 aliphatic carbocycles. The molecule has 1 N–H and O–H groups in total. The molecule has 0 bridgehead atoms. The zero-order valence-electron chi connectivity index (χ0n) is 15.6. The van der Waals surface area contributed by atoms with Crippen LogP contribution in [0.5, 0.6) is 5.75 Å². The third kappa shape index (κ3) is 4.69. The molecular weight excluding hydrogens is 380 g/mol. The van der Waals surface area contributed by atoms with Crippen LogP contribution < -0.4 is 9.46 Å². The largest absolute Gasteiger partial charge is 0.494 e. The van der Waals surface area contributed by atoms with E-state index in [1.807, 2.05) is 6.92 Å². The van der Waals surface area contributed by atoms with E-state index in [9.17, 15) is 18.0 Å². The number of nitrogens with one attached hydrogen (secondary N) is 1. The van der Waals surface area contributed by atoms with E-state index in [1.54, 1.807) is 35.2 Å². The highest BCUT2D eigenvalue weighted by atomic mass is 32.2. The van der Waals surface area contributed by atoms with Gasteiger partial charge in [0, 0.05) is 37.2 Å². The van der Waals surface area contributed by atoms with Crippen LogP contribution >= 0.6 is 0 Å². The molecule has 3 rings (SSSR count). The van der Waals surface area contributed by atoms with Gasteiger partial charge in [-0.1, -0.05) is 6.07 Å². The van der Waals surface area contributed by atoms with Gasteiger partial charge in [0.05, 0.1) is 11.5 Å². The number of carbonyl (C=O) groups excluding carboxylic acids is 2. The highest BCUT2D eigenvalue weighted by Crippen LogP contribution is 2.21. The molecule has 8 heteroatoms. The predicted octanol–water partition coefficient (Wildman–Crippen LogP) is 2.69. The lowest BCUT2D eigenvalue weighted by molar-refractivity contribution is -0.120. The standard InChI is InChI=1S/C20H22N2O5S/c1-2-27-18-8-6-16(7-9-18)21-28(25,26)19-5-3-4-15(14-19)20(24)22-12-10-17(23)11-13-22/h3-9,14,21H,2,10-13H2,1H3. The summed E-state index contributed by atoms with van der Waals surface area (Å²) in [5.41, 5.74) is 0.679. The second-order valence-electron chi connectivity index (χ2n) is 6.42. The van der Waals surface area contributed by atoms with Gasteiger partial charge >= 0.3 is 0 Å². The first-order chi connectivity index (χ1) is 13.4. The Kier molecular flexibility index (Phi) is 5.99. The number of anilines is 1. The van der Waals surface area contributed by atoms with Crippen molar-refractivity contribution in [3.8, 4) is 5.75 Å². The number of sulfonamides is 1. The zero-order chi connectivity index (χ0) is 20.1. The summed E-state index contributed by atoms with van der Waals surface area (Å²) in [6.45, 7) is 3.11. The molecule has 0 spiro atoms. The Morgan fingerprint density at radius 2 is 1.79 bits per heavy atom. The lowest BCUT2D eigenvalue weighted by Crippen LogP contribution is -2.38. The van der Waals surface area contributed by atoms with Crippen LogP contribution in [0.15, 0.2) is 53.4 Å². The van der Waals surface area contributed by atoms with Crippen LogP contribution in [0.2, 0.25) is 0 Å². The van der Waals surface area contributed by atoms with Crippen molar-refractivity contribution >= 4 is 27.4 Å². The number of piperidine rings is 1. The van der Waals surface area contributed by atoms with E-state index < -0.39 is 10.0 Å². The van der Waals surface area contributed by atoms with Crippen molar-refractivity contribution in [1.29, 1.82) is 0 Å². The summed E-state index contributed by atoms with van der Waals surface area (Å²) in [6, 6.07) is 12.5. The van der Waals surface area contributed by atoms with E-state index in [0.29, 0.717) is 44.0 Å². The van der Waals surface area contributed by atoms with Crippen LogP contribution in [0.1, 0.15) is 30.1 Å². The van der Waals surface area contributed by atoms with Crippen molar-refractivity contribution < 1.29 is 22.7 Å². The molecule has 1 amide bonds. The molecule has 28 heavy (non-hydrogen) atoms. The first-order valence-electron chi connectivity index (χ1n) is 9.06. The normalized spacial score (nSPS) is 14.6. The average molecular weight is 402 g/mol. The minimum atomic E-state index is -3.85. The van der Waals surface area contributed by atoms with Crippen molar-refractivity contribution in [3.05, 3.63) is 54.1 Å². The Morgan fingerprint density at radius 1 is 1.11 bits per heavy atom. The van der Waals surface area contributed by atoms with Gasteiger partial charge < -0.3 is 9.64 Å². The molecule has 0 radical (unpaired) electrons. The van der Waals surface area contributed by atoms with Crippen LogP contribution in [-0.2, 0) is 14.8 Å². The SMILES string of the molecule is CCOc1ccc(NS(=O)(=O)c2cccc(C(=O)N3CCC(=O)CC3)c2)cc1. The molecule has 7 nitrogen and oxygen atoms in total. The minimum Gasteiger partial charge on any atom is -0.494 e. The molecule has 1 fully saturated rings. The Hall–Kier alpha value is -2.87. The van der Waals surface area contributed by atoms with E-state index in [0.717, 1.165) is 0 Å². The number of likely N-dealkylation sites (tertiary alicyclic amines) is 1. The summed E-state index contributed by atoms with van der Waals surface area (Å²) in [5.74, 6) is 0.517. The Labute approximate surface area is 164 Å². The molecule has 0 atom stereocenters. The van der Waals surface area contributed by atoms with Crippen LogP contribution in [0, 0.1) is 0 Å². The summed E-state index contributed by atoms with van der Waals surface area (Å²) < 4.78 is 33.2. The number of hydrogen-bond acceptors (Lipinski definition) is 5. The molecule has 148 valence electrons. The number of amides is 1. The predicted molar refractivity (Wildman–Crippen MR) is 105 cm³/mol. The molecule has 1 aliphatic heterocycles. The lowest BCUT2D eigenvalue weighted by atomic mass is 10.1. The lowest BCUT2D eigenvalue weighted by Gasteiger charge is -2.26. The number of ether oxygens (including phenoxy) is 1. The maximum absolute atomic E-state index is 12.7. The van der Waals surface area contributed by atoms with Gasteiger partial charge in [-0.15, -0.1) is 0 Å². The third-order valence-electron chi connectivity index (χ3n) is 4.42. The summed E-state index contributed by atoms with van der Waals surface area (Å²) in [4.78, 5) is 25.6. The minimum absolute atomic E-state index is 0.000297. The fraction of sp³-hybridized carbons (Fsp3) is 0.300. The molecule has 1 saturated heterocycles. The van der Waals surface area contributed by atoms with Crippen LogP contribution in [0.4, 0.5) is 5.69 Å². The fourth-order valence-electron chi connectivity index (χ4n) is 2.94. The smallest absolute Gasteiger partial charge is 0.261 e. The molecule has 0 aromatic heterocycles. The number of hydrogen-bond donors (Lipinski definition) is 1. The number of carbonyl (C=O) groups is 2. The molecule has 2 aromatic carbocycles. The van der Waals surface area contributed by atoms with Gasteiger partial charge in [0.15, 0.2) is 0 Å². The number of nitrogens with zero attached hydrogens (tertiary/aromatic N) is 1. The van der Waals surface area contributed by atoms with Gasteiger partial charge in [-0.05, 0) is 49.4 Å². The van der Waals surface area contributed by atoms with Gasteiger partial charge in [-0.3, -0.25) is 14.3 Å². The maximum atomic E-state index is 12.7. The van der Waals surface area contributed by atoms with Crippen molar-refractivity contribution in [2.75, 3.05) is 24.4 Å². The maximum Gasteiger partial charge on any atom is 0.261 e. The third-order valence-corrected chi connectivity index (χ3v) is 5.80. The van der Waals surface area contributed by atoms with E-state index in [4.69, 9.17) is 4.74 Å². The van der Waals surface area contributed by atoms with Gasteiger partial charge in [0.2, 0.25) is 0 Å². The van der Waals surface area contributed by atoms with E-state index in [1.165, 1.54) is 18.2 Å².